The Morgan fingerprint density at radius 2 is 1.83 bits per heavy atom. The van der Waals surface area contributed by atoms with Crippen LogP contribution in [0.1, 0.15) is 58.8 Å². The normalized spacial score (nSPS) is 21.2. The van der Waals surface area contributed by atoms with E-state index in [1.54, 1.807) is 6.92 Å². The first-order valence-electron chi connectivity index (χ1n) is 6.95. The van der Waals surface area contributed by atoms with Crippen LogP contribution in [0.2, 0.25) is 0 Å². The lowest BCUT2D eigenvalue weighted by molar-refractivity contribution is 0.285. The first-order valence-corrected chi connectivity index (χ1v) is 8.50. The third-order valence-corrected chi connectivity index (χ3v) is 5.68. The first-order chi connectivity index (χ1) is 8.55. The highest BCUT2D eigenvalue weighted by molar-refractivity contribution is 7.90. The Balaban J connectivity index is 2.70. The molecule has 18 heavy (non-hydrogen) atoms. The zero-order valence-corrected chi connectivity index (χ0v) is 12.2. The summed E-state index contributed by atoms with van der Waals surface area (Å²) in [6, 6.07) is 1.87. The van der Waals surface area contributed by atoms with E-state index in [1.807, 2.05) is 13.0 Å². The fraction of sp³-hybridized carbons (Fsp3) is 0.923. The summed E-state index contributed by atoms with van der Waals surface area (Å²) in [7, 11) is -3.49. The monoisotopic (exact) mass is 272 g/mol. The van der Waals surface area contributed by atoms with Gasteiger partial charge in [-0.05, 0) is 31.6 Å². The maximum atomic E-state index is 12.1. The molecule has 4 nitrogen and oxygen atoms in total. The highest BCUT2D eigenvalue weighted by Gasteiger charge is 2.30. The summed E-state index contributed by atoms with van der Waals surface area (Å²) in [6.45, 7) is 3.74. The Kier molecular flexibility index (Phi) is 6.10. The molecule has 0 aliphatic heterocycles. The molecular formula is C13H24N2O2S. The first kappa shape index (κ1) is 15.5. The average Bonchev–Trinajstić information content (AvgIpc) is 2.38. The summed E-state index contributed by atoms with van der Waals surface area (Å²) >= 11 is 0. The molecule has 0 amide bonds. The molecule has 1 fully saturated rings. The molecule has 0 spiro atoms. The molecule has 1 N–H and O–H groups in total. The van der Waals surface area contributed by atoms with Crippen LogP contribution in [0.5, 0.6) is 0 Å². The molecule has 2 atom stereocenters. The van der Waals surface area contributed by atoms with Gasteiger partial charge < -0.3 is 0 Å². The van der Waals surface area contributed by atoms with Gasteiger partial charge >= 0.3 is 0 Å². The van der Waals surface area contributed by atoms with E-state index in [2.05, 4.69) is 4.72 Å². The predicted octanol–water partition coefficient (Wildman–Crippen LogP) is 2.57. The van der Waals surface area contributed by atoms with Crippen LogP contribution in [-0.4, -0.2) is 19.7 Å². The summed E-state index contributed by atoms with van der Waals surface area (Å²) in [5.41, 5.74) is 0. The van der Waals surface area contributed by atoms with Crippen molar-refractivity contribution >= 4 is 10.0 Å². The maximum Gasteiger partial charge on any atom is 0.228 e. The standard InChI is InChI=1S/C13H24N2O2S/c1-3-12(10-14)18(16,17)15-13(4-2)11-8-6-5-7-9-11/h11-13,15H,3-9H2,1-2H3. The van der Waals surface area contributed by atoms with Gasteiger partial charge in [0.2, 0.25) is 10.0 Å². The molecule has 2 unspecified atom stereocenters. The minimum atomic E-state index is -3.49. The SMILES string of the molecule is CCC(NS(=O)(=O)C(C#N)CC)C1CCCCC1. The van der Waals surface area contributed by atoms with Crippen molar-refractivity contribution in [2.45, 2.75) is 70.1 Å². The van der Waals surface area contributed by atoms with Gasteiger partial charge in [-0.15, -0.1) is 0 Å². The number of rotatable bonds is 6. The second-order valence-corrected chi connectivity index (χ2v) is 7.00. The van der Waals surface area contributed by atoms with Crippen molar-refractivity contribution in [1.29, 1.82) is 5.26 Å². The molecule has 1 aliphatic carbocycles. The second-order valence-electron chi connectivity index (χ2n) is 5.10. The molecular weight excluding hydrogens is 248 g/mol. The minimum absolute atomic E-state index is 0.00213. The van der Waals surface area contributed by atoms with Gasteiger partial charge in [0.25, 0.3) is 0 Å². The third-order valence-electron chi connectivity index (χ3n) is 3.86. The molecule has 104 valence electrons. The van der Waals surface area contributed by atoms with Gasteiger partial charge in [0.05, 0.1) is 6.07 Å². The summed E-state index contributed by atoms with van der Waals surface area (Å²) in [4.78, 5) is 0. The Bertz CT molecular complexity index is 380. The van der Waals surface area contributed by atoms with E-state index in [0.29, 0.717) is 12.3 Å². The lowest BCUT2D eigenvalue weighted by Crippen LogP contribution is -2.44. The molecule has 0 aromatic heterocycles. The van der Waals surface area contributed by atoms with Crippen LogP contribution in [-0.2, 0) is 10.0 Å². The topological polar surface area (TPSA) is 70.0 Å². The van der Waals surface area contributed by atoms with Crippen LogP contribution in [0.3, 0.4) is 0 Å². The number of nitriles is 1. The molecule has 0 radical (unpaired) electrons. The Hall–Kier alpha value is -0.600. The molecule has 0 aromatic carbocycles. The molecule has 0 heterocycles. The van der Waals surface area contributed by atoms with Crippen LogP contribution >= 0.6 is 0 Å². The summed E-state index contributed by atoms with van der Waals surface area (Å²) in [5.74, 6) is 0.440. The Morgan fingerprint density at radius 3 is 2.28 bits per heavy atom. The lowest BCUT2D eigenvalue weighted by atomic mass is 9.83. The molecule has 0 bridgehead atoms. The van der Waals surface area contributed by atoms with E-state index >= 15 is 0 Å². The Labute approximate surface area is 111 Å². The van der Waals surface area contributed by atoms with E-state index in [1.165, 1.54) is 19.3 Å². The van der Waals surface area contributed by atoms with Gasteiger partial charge in [-0.1, -0.05) is 33.1 Å². The molecule has 1 saturated carbocycles. The summed E-state index contributed by atoms with van der Waals surface area (Å²) in [5, 5.41) is 7.97. The second kappa shape index (κ2) is 7.10. The van der Waals surface area contributed by atoms with Crippen LogP contribution in [0, 0.1) is 17.2 Å². The number of hydrogen-bond acceptors (Lipinski definition) is 3. The lowest BCUT2D eigenvalue weighted by Gasteiger charge is -2.30. The number of hydrogen-bond donors (Lipinski definition) is 1. The fourth-order valence-electron chi connectivity index (χ4n) is 2.72. The van der Waals surface area contributed by atoms with Gasteiger partial charge in [-0.3, -0.25) is 0 Å². The van der Waals surface area contributed by atoms with Gasteiger partial charge in [0.1, 0.15) is 0 Å². The zero-order valence-electron chi connectivity index (χ0n) is 11.4. The van der Waals surface area contributed by atoms with Crippen LogP contribution in [0.4, 0.5) is 0 Å². The molecule has 1 aliphatic rings. The minimum Gasteiger partial charge on any atom is -0.211 e. The highest BCUT2D eigenvalue weighted by Crippen LogP contribution is 2.28. The highest BCUT2D eigenvalue weighted by atomic mass is 32.2. The van der Waals surface area contributed by atoms with E-state index in [4.69, 9.17) is 5.26 Å². The van der Waals surface area contributed by atoms with Crippen LogP contribution in [0.25, 0.3) is 0 Å². The maximum absolute atomic E-state index is 12.1. The Morgan fingerprint density at radius 1 is 1.22 bits per heavy atom. The van der Waals surface area contributed by atoms with E-state index in [-0.39, 0.29) is 6.04 Å². The van der Waals surface area contributed by atoms with Crippen LogP contribution < -0.4 is 4.72 Å². The third kappa shape index (κ3) is 3.96. The average molecular weight is 272 g/mol. The number of nitrogens with one attached hydrogen (secondary N) is 1. The number of nitrogens with zero attached hydrogens (tertiary/aromatic N) is 1. The van der Waals surface area contributed by atoms with Crippen molar-refractivity contribution in [2.75, 3.05) is 0 Å². The van der Waals surface area contributed by atoms with E-state index < -0.39 is 15.3 Å². The van der Waals surface area contributed by atoms with Gasteiger partial charge in [0, 0.05) is 6.04 Å². The largest absolute Gasteiger partial charge is 0.228 e. The molecule has 0 saturated heterocycles. The number of sulfonamides is 1. The quantitative estimate of drug-likeness (QED) is 0.808. The van der Waals surface area contributed by atoms with Crippen molar-refractivity contribution in [3.05, 3.63) is 0 Å². The fourth-order valence-corrected chi connectivity index (χ4v) is 4.25. The van der Waals surface area contributed by atoms with E-state index in [9.17, 15) is 8.42 Å². The van der Waals surface area contributed by atoms with E-state index in [0.717, 1.165) is 19.3 Å². The van der Waals surface area contributed by atoms with Crippen molar-refractivity contribution in [2.24, 2.45) is 5.92 Å². The van der Waals surface area contributed by atoms with Gasteiger partial charge in [0.15, 0.2) is 5.25 Å². The van der Waals surface area contributed by atoms with Crippen molar-refractivity contribution in [1.82, 2.24) is 4.72 Å². The summed E-state index contributed by atoms with van der Waals surface area (Å²) < 4.78 is 26.9. The predicted molar refractivity (Wildman–Crippen MR) is 72.4 cm³/mol. The smallest absolute Gasteiger partial charge is 0.211 e. The van der Waals surface area contributed by atoms with Crippen molar-refractivity contribution < 1.29 is 8.42 Å². The zero-order chi connectivity index (χ0) is 13.6. The van der Waals surface area contributed by atoms with Gasteiger partial charge in [-0.25, -0.2) is 13.1 Å². The molecule has 5 heteroatoms. The van der Waals surface area contributed by atoms with Crippen molar-refractivity contribution in [3.63, 3.8) is 0 Å². The van der Waals surface area contributed by atoms with Gasteiger partial charge in [-0.2, -0.15) is 5.26 Å². The summed E-state index contributed by atoms with van der Waals surface area (Å²) in [6.07, 6.45) is 6.99. The molecule has 1 rings (SSSR count). The molecule has 0 aromatic rings. The van der Waals surface area contributed by atoms with Crippen LogP contribution in [0.15, 0.2) is 0 Å². The van der Waals surface area contributed by atoms with Crippen molar-refractivity contribution in [3.8, 4) is 6.07 Å².